The fourth-order valence-electron chi connectivity index (χ4n) is 1.49. The van der Waals surface area contributed by atoms with Crippen molar-refractivity contribution in [3.8, 4) is 0 Å². The van der Waals surface area contributed by atoms with Gasteiger partial charge < -0.3 is 19.7 Å². The topological polar surface area (TPSA) is 67.9 Å². The molecule has 0 atom stereocenters. The largest absolute Gasteiger partial charge is 0.444 e. The summed E-state index contributed by atoms with van der Waals surface area (Å²) >= 11 is 0. The minimum atomic E-state index is -0.492. The average molecular weight is 270 g/mol. The molecule has 6 heteroatoms. The van der Waals surface area contributed by atoms with Gasteiger partial charge in [-0.15, -0.1) is 0 Å². The van der Waals surface area contributed by atoms with Gasteiger partial charge in [0.2, 0.25) is 5.91 Å². The molecular weight excluding hydrogens is 248 g/mol. The van der Waals surface area contributed by atoms with Crippen molar-refractivity contribution in [2.24, 2.45) is 0 Å². The van der Waals surface area contributed by atoms with Crippen molar-refractivity contribution in [3.05, 3.63) is 12.2 Å². The summed E-state index contributed by atoms with van der Waals surface area (Å²) in [5.41, 5.74) is -0.492. The zero-order valence-corrected chi connectivity index (χ0v) is 11.8. The molecule has 0 saturated carbocycles. The molecule has 0 spiro atoms. The van der Waals surface area contributed by atoms with E-state index < -0.39 is 11.7 Å². The maximum Gasteiger partial charge on any atom is 0.407 e. The van der Waals surface area contributed by atoms with Crippen molar-refractivity contribution >= 4 is 12.0 Å². The third-order valence-corrected chi connectivity index (χ3v) is 2.32. The van der Waals surface area contributed by atoms with E-state index in [1.54, 1.807) is 11.0 Å². The van der Waals surface area contributed by atoms with Gasteiger partial charge in [-0.05, 0) is 20.8 Å². The van der Waals surface area contributed by atoms with Crippen LogP contribution in [0.4, 0.5) is 4.79 Å². The predicted octanol–water partition coefficient (Wildman–Crippen LogP) is 0.926. The maximum atomic E-state index is 11.3. The van der Waals surface area contributed by atoms with E-state index >= 15 is 0 Å². The predicted molar refractivity (Wildman–Crippen MR) is 70.8 cm³/mol. The fourth-order valence-corrected chi connectivity index (χ4v) is 1.49. The number of carbonyl (C=O) groups is 2. The molecule has 1 heterocycles. The number of nitrogens with one attached hydrogen (secondary N) is 1. The highest BCUT2D eigenvalue weighted by atomic mass is 16.6. The summed E-state index contributed by atoms with van der Waals surface area (Å²) in [6, 6.07) is 0. The van der Waals surface area contributed by atoms with E-state index in [-0.39, 0.29) is 5.91 Å². The van der Waals surface area contributed by atoms with Crippen LogP contribution in [-0.2, 0) is 14.3 Å². The van der Waals surface area contributed by atoms with E-state index in [2.05, 4.69) is 5.32 Å². The van der Waals surface area contributed by atoms with Gasteiger partial charge in [-0.1, -0.05) is 6.08 Å². The molecular formula is C13H22N2O4. The smallest absolute Gasteiger partial charge is 0.407 e. The summed E-state index contributed by atoms with van der Waals surface area (Å²) < 4.78 is 10.4. The first kappa shape index (κ1) is 15.5. The molecule has 6 nitrogen and oxygen atoms in total. The fraction of sp³-hybridized carbons (Fsp3) is 0.692. The Labute approximate surface area is 113 Å². The highest BCUT2D eigenvalue weighted by Gasteiger charge is 2.15. The van der Waals surface area contributed by atoms with Gasteiger partial charge in [0.05, 0.1) is 13.2 Å². The first-order chi connectivity index (χ1) is 8.88. The summed E-state index contributed by atoms with van der Waals surface area (Å²) in [7, 11) is 0. The van der Waals surface area contributed by atoms with Gasteiger partial charge in [0, 0.05) is 25.7 Å². The Bertz CT molecular complexity index is 347. The molecule has 1 rings (SSSR count). The lowest BCUT2D eigenvalue weighted by Crippen LogP contribution is -2.35. The molecule has 108 valence electrons. The zero-order valence-electron chi connectivity index (χ0n) is 11.8. The highest BCUT2D eigenvalue weighted by Crippen LogP contribution is 2.06. The van der Waals surface area contributed by atoms with Gasteiger partial charge in [0.25, 0.3) is 0 Å². The Kier molecular flexibility index (Phi) is 5.82. The van der Waals surface area contributed by atoms with Gasteiger partial charge in [-0.25, -0.2) is 4.79 Å². The second-order valence-corrected chi connectivity index (χ2v) is 5.23. The van der Waals surface area contributed by atoms with E-state index in [9.17, 15) is 9.59 Å². The minimum absolute atomic E-state index is 0.0236. The number of hydrogen-bond donors (Lipinski definition) is 1. The summed E-state index contributed by atoms with van der Waals surface area (Å²) in [4.78, 5) is 24.2. The average Bonchev–Trinajstić information content (AvgIpc) is 2.67. The van der Waals surface area contributed by atoms with Gasteiger partial charge >= 0.3 is 6.09 Å². The van der Waals surface area contributed by atoms with E-state index in [0.717, 1.165) is 0 Å². The van der Waals surface area contributed by atoms with Crippen molar-refractivity contribution in [2.75, 3.05) is 32.8 Å². The van der Waals surface area contributed by atoms with Crippen LogP contribution in [0.1, 0.15) is 20.8 Å². The number of rotatable bonds is 6. The number of alkyl carbamates (subject to hydrolysis) is 1. The Hall–Kier alpha value is -1.56. The SMILES string of the molecule is CC(C)(C)OC(=O)NCCOCCN1CC=CC1=O. The highest BCUT2D eigenvalue weighted by molar-refractivity contribution is 5.89. The van der Waals surface area contributed by atoms with Crippen molar-refractivity contribution in [1.29, 1.82) is 0 Å². The molecule has 0 aromatic rings. The van der Waals surface area contributed by atoms with Crippen LogP contribution in [0.15, 0.2) is 12.2 Å². The first-order valence-electron chi connectivity index (χ1n) is 6.38. The van der Waals surface area contributed by atoms with E-state index in [4.69, 9.17) is 9.47 Å². The number of amides is 2. The second kappa shape index (κ2) is 7.13. The summed E-state index contributed by atoms with van der Waals surface area (Å²) in [5.74, 6) is 0.0236. The van der Waals surface area contributed by atoms with Crippen LogP contribution in [-0.4, -0.2) is 55.3 Å². The molecule has 0 radical (unpaired) electrons. The zero-order chi connectivity index (χ0) is 14.3. The lowest BCUT2D eigenvalue weighted by Gasteiger charge is -2.19. The maximum absolute atomic E-state index is 11.3. The lowest BCUT2D eigenvalue weighted by atomic mass is 10.2. The van der Waals surface area contributed by atoms with Crippen LogP contribution >= 0.6 is 0 Å². The molecule has 0 aromatic carbocycles. The van der Waals surface area contributed by atoms with Crippen molar-refractivity contribution in [1.82, 2.24) is 10.2 Å². The molecule has 1 aliphatic heterocycles. The Morgan fingerprint density at radius 2 is 2.16 bits per heavy atom. The number of carbonyl (C=O) groups excluding carboxylic acids is 2. The monoisotopic (exact) mass is 270 g/mol. The van der Waals surface area contributed by atoms with E-state index in [1.165, 1.54) is 0 Å². The summed E-state index contributed by atoms with van der Waals surface area (Å²) in [6.45, 7) is 7.90. The normalized spacial score (nSPS) is 14.9. The van der Waals surface area contributed by atoms with Crippen LogP contribution < -0.4 is 5.32 Å². The number of nitrogens with zero attached hydrogens (tertiary/aromatic N) is 1. The third-order valence-electron chi connectivity index (χ3n) is 2.32. The Morgan fingerprint density at radius 1 is 1.42 bits per heavy atom. The minimum Gasteiger partial charge on any atom is -0.444 e. The lowest BCUT2D eigenvalue weighted by molar-refractivity contribution is -0.125. The first-order valence-corrected chi connectivity index (χ1v) is 6.38. The van der Waals surface area contributed by atoms with Crippen LogP contribution in [0.25, 0.3) is 0 Å². The molecule has 0 unspecified atom stereocenters. The van der Waals surface area contributed by atoms with Crippen LogP contribution in [0.5, 0.6) is 0 Å². The molecule has 0 saturated heterocycles. The van der Waals surface area contributed by atoms with Crippen molar-refractivity contribution in [2.45, 2.75) is 26.4 Å². The van der Waals surface area contributed by atoms with Gasteiger partial charge in [-0.2, -0.15) is 0 Å². The number of hydrogen-bond acceptors (Lipinski definition) is 4. The Morgan fingerprint density at radius 3 is 2.74 bits per heavy atom. The van der Waals surface area contributed by atoms with Crippen LogP contribution in [0, 0.1) is 0 Å². The van der Waals surface area contributed by atoms with E-state index in [0.29, 0.717) is 32.8 Å². The molecule has 0 aromatic heterocycles. The standard InChI is InChI=1S/C13H22N2O4/c1-13(2,3)19-12(17)14-6-9-18-10-8-15-7-4-5-11(15)16/h4-5H,6-10H2,1-3H3,(H,14,17). The summed E-state index contributed by atoms with van der Waals surface area (Å²) in [6.07, 6.45) is 2.94. The van der Waals surface area contributed by atoms with Crippen LogP contribution in [0.2, 0.25) is 0 Å². The second-order valence-electron chi connectivity index (χ2n) is 5.23. The van der Waals surface area contributed by atoms with Crippen LogP contribution in [0.3, 0.4) is 0 Å². The van der Waals surface area contributed by atoms with Gasteiger partial charge in [0.1, 0.15) is 5.60 Å². The molecule has 2 amide bonds. The number of ether oxygens (including phenoxy) is 2. The molecule has 19 heavy (non-hydrogen) atoms. The van der Waals surface area contributed by atoms with Gasteiger partial charge in [0.15, 0.2) is 0 Å². The molecule has 1 N–H and O–H groups in total. The third kappa shape index (κ3) is 6.81. The van der Waals surface area contributed by atoms with E-state index in [1.807, 2.05) is 26.8 Å². The van der Waals surface area contributed by atoms with Crippen molar-refractivity contribution < 1.29 is 19.1 Å². The molecule has 0 aliphatic carbocycles. The molecule has 1 aliphatic rings. The quantitative estimate of drug-likeness (QED) is 0.729. The van der Waals surface area contributed by atoms with Crippen molar-refractivity contribution in [3.63, 3.8) is 0 Å². The van der Waals surface area contributed by atoms with Gasteiger partial charge in [-0.3, -0.25) is 4.79 Å². The Balaban J connectivity index is 1.97. The molecule has 0 bridgehead atoms. The summed E-state index contributed by atoms with van der Waals surface area (Å²) in [5, 5.41) is 2.60. The molecule has 0 fully saturated rings.